The average molecular weight is 394 g/mol. The zero-order valence-corrected chi connectivity index (χ0v) is 15.8. The summed E-state index contributed by atoms with van der Waals surface area (Å²) >= 11 is 6.40. The van der Waals surface area contributed by atoms with Gasteiger partial charge in [-0.15, -0.1) is 0 Å². The summed E-state index contributed by atoms with van der Waals surface area (Å²) in [7, 11) is 0. The Balaban J connectivity index is 1.55. The summed E-state index contributed by atoms with van der Waals surface area (Å²) in [5.74, 6) is -2.31. The maximum Gasteiger partial charge on any atom is 0.248 e. The van der Waals surface area contributed by atoms with Crippen molar-refractivity contribution in [2.45, 2.75) is 44.4 Å². The number of pyridine rings is 1. The Morgan fingerprint density at radius 3 is 2.81 bits per heavy atom. The molecule has 0 unspecified atom stereocenters. The summed E-state index contributed by atoms with van der Waals surface area (Å²) in [5.41, 5.74) is 3.28. The predicted molar refractivity (Wildman–Crippen MR) is 102 cm³/mol. The number of Topliss-reactive ketones (excluding diaryl/α,β-unsaturated/α-hetero) is 1. The molecule has 1 aliphatic heterocycles. The van der Waals surface area contributed by atoms with Crippen molar-refractivity contribution in [1.29, 1.82) is 0 Å². The quantitative estimate of drug-likeness (QED) is 0.601. The van der Waals surface area contributed by atoms with Crippen molar-refractivity contribution in [2.24, 2.45) is 5.92 Å². The molecule has 0 aromatic carbocycles. The molecule has 27 heavy (non-hydrogen) atoms. The first-order valence-electron chi connectivity index (χ1n) is 9.42. The highest BCUT2D eigenvalue weighted by molar-refractivity contribution is 6.35. The second-order valence-corrected chi connectivity index (χ2v) is 7.93. The van der Waals surface area contributed by atoms with E-state index in [-0.39, 0.29) is 24.5 Å². The van der Waals surface area contributed by atoms with Gasteiger partial charge in [0.25, 0.3) is 0 Å². The molecule has 1 saturated carbocycles. The van der Waals surface area contributed by atoms with Crippen molar-refractivity contribution < 1.29 is 18.3 Å². The molecule has 0 radical (unpaired) electrons. The summed E-state index contributed by atoms with van der Waals surface area (Å²) in [5, 5.41) is 0.531. The number of nitrogens with zero attached hydrogens (tertiary/aromatic N) is 1. The lowest BCUT2D eigenvalue weighted by Crippen LogP contribution is -2.24. The molecule has 6 heteroatoms. The van der Waals surface area contributed by atoms with E-state index in [0.717, 1.165) is 11.3 Å². The number of alkyl halides is 2. The Kier molecular flexibility index (Phi) is 5.08. The molecule has 0 N–H and O–H groups in total. The molecule has 3 heterocycles. The average Bonchev–Trinajstić information content (AvgIpc) is 3.28. The van der Waals surface area contributed by atoms with E-state index in [9.17, 15) is 13.6 Å². The highest BCUT2D eigenvalue weighted by Crippen LogP contribution is 2.38. The summed E-state index contributed by atoms with van der Waals surface area (Å²) in [6.45, 7) is 1.08. The van der Waals surface area contributed by atoms with Gasteiger partial charge >= 0.3 is 0 Å². The summed E-state index contributed by atoms with van der Waals surface area (Å²) in [6.07, 6.45) is 5.78. The van der Waals surface area contributed by atoms with Gasteiger partial charge in [0.2, 0.25) is 5.92 Å². The molecule has 0 atom stereocenters. The molecule has 0 spiro atoms. The number of hydrogen-bond acceptors (Lipinski definition) is 2. The van der Waals surface area contributed by atoms with Gasteiger partial charge in [0, 0.05) is 36.6 Å². The first-order chi connectivity index (χ1) is 12.9. The van der Waals surface area contributed by atoms with Gasteiger partial charge in [0.05, 0.1) is 29.4 Å². The number of carbonyl (C=O) groups is 1. The van der Waals surface area contributed by atoms with Crippen LogP contribution in [0, 0.1) is 5.92 Å². The van der Waals surface area contributed by atoms with Crippen molar-refractivity contribution in [3.63, 3.8) is 0 Å². The van der Waals surface area contributed by atoms with Crippen LogP contribution in [0.1, 0.15) is 54.6 Å². The largest absolute Gasteiger partial charge is 0.373 e. The van der Waals surface area contributed by atoms with E-state index in [1.54, 1.807) is 6.07 Å². The van der Waals surface area contributed by atoms with E-state index in [1.165, 1.54) is 0 Å². The Hall–Kier alpha value is -1.72. The summed E-state index contributed by atoms with van der Waals surface area (Å²) < 4.78 is 34.0. The molecule has 2 aliphatic rings. The third-order valence-corrected chi connectivity index (χ3v) is 6.00. The summed E-state index contributed by atoms with van der Waals surface area (Å²) in [4.78, 5) is 12.9. The highest BCUT2D eigenvalue weighted by Gasteiger charge is 2.35. The van der Waals surface area contributed by atoms with E-state index < -0.39 is 5.92 Å². The Labute approximate surface area is 162 Å². The lowest BCUT2D eigenvalue weighted by atomic mass is 9.83. The fourth-order valence-electron chi connectivity index (χ4n) is 4.10. The first-order valence-corrected chi connectivity index (χ1v) is 9.80. The van der Waals surface area contributed by atoms with Crippen molar-refractivity contribution in [3.05, 3.63) is 46.8 Å². The maximum absolute atomic E-state index is 13.3. The standard InChI is InChI=1S/C21H22ClF2NO2/c22-17-2-1-10-25-18(15-7-11-27-13-15)12-16(20(17)25)19(26)4-3-14-5-8-21(23,24)9-6-14/h1-2,7,10,12,14H,3-6,8-9,11,13H2. The zero-order chi connectivity index (χ0) is 19.0. The predicted octanol–water partition coefficient (Wildman–Crippen LogP) is 5.79. The van der Waals surface area contributed by atoms with E-state index in [1.807, 2.05) is 28.8 Å². The van der Waals surface area contributed by atoms with E-state index in [2.05, 4.69) is 0 Å². The molecule has 0 saturated heterocycles. The number of hydrogen-bond donors (Lipinski definition) is 0. The van der Waals surface area contributed by atoms with Gasteiger partial charge in [0.15, 0.2) is 5.78 Å². The number of ketones is 1. The van der Waals surface area contributed by atoms with Crippen LogP contribution in [0.25, 0.3) is 11.1 Å². The van der Waals surface area contributed by atoms with Crippen LogP contribution in [0.4, 0.5) is 8.78 Å². The van der Waals surface area contributed by atoms with Crippen molar-refractivity contribution >= 4 is 28.5 Å². The molecule has 0 amide bonds. The van der Waals surface area contributed by atoms with Gasteiger partial charge in [-0.2, -0.15) is 0 Å². The third kappa shape index (κ3) is 3.81. The van der Waals surface area contributed by atoms with Crippen molar-refractivity contribution in [1.82, 2.24) is 4.40 Å². The first kappa shape index (κ1) is 18.6. The van der Waals surface area contributed by atoms with Crippen LogP contribution in [0.5, 0.6) is 0 Å². The smallest absolute Gasteiger partial charge is 0.248 e. The molecule has 1 fully saturated rings. The van der Waals surface area contributed by atoms with Crippen molar-refractivity contribution in [3.8, 4) is 0 Å². The second kappa shape index (κ2) is 7.36. The molecule has 4 rings (SSSR count). The highest BCUT2D eigenvalue weighted by atomic mass is 35.5. The Bertz CT molecular complexity index is 893. The van der Waals surface area contributed by atoms with E-state index >= 15 is 0 Å². The molecule has 3 nitrogen and oxygen atoms in total. The van der Waals surface area contributed by atoms with Gasteiger partial charge in [0.1, 0.15) is 0 Å². The number of halogens is 3. The number of ether oxygens (including phenoxy) is 1. The SMILES string of the molecule is O=C(CCC1CCC(F)(F)CC1)c1cc(C2=CCOC2)n2cccc(Cl)c12. The minimum absolute atomic E-state index is 0.0173. The van der Waals surface area contributed by atoms with Crippen LogP contribution in [0.15, 0.2) is 30.5 Å². The third-order valence-electron chi connectivity index (χ3n) is 5.69. The van der Waals surface area contributed by atoms with Gasteiger partial charge in [-0.1, -0.05) is 17.7 Å². The van der Waals surface area contributed by atoms with Crippen molar-refractivity contribution in [2.75, 3.05) is 13.2 Å². The van der Waals surface area contributed by atoms with Crippen LogP contribution >= 0.6 is 11.6 Å². The molecular weight excluding hydrogens is 372 g/mol. The fourth-order valence-corrected chi connectivity index (χ4v) is 4.37. The van der Waals surface area contributed by atoms with E-state index in [4.69, 9.17) is 16.3 Å². The van der Waals surface area contributed by atoms with Crippen LogP contribution in [-0.4, -0.2) is 29.3 Å². The van der Waals surface area contributed by atoms with Gasteiger partial charge in [-0.25, -0.2) is 8.78 Å². The van der Waals surface area contributed by atoms with Crippen LogP contribution in [0.2, 0.25) is 5.02 Å². The summed E-state index contributed by atoms with van der Waals surface area (Å²) in [6, 6.07) is 5.52. The van der Waals surface area contributed by atoms with Crippen LogP contribution < -0.4 is 0 Å². The minimum Gasteiger partial charge on any atom is -0.373 e. The number of carbonyl (C=O) groups excluding carboxylic acids is 1. The lowest BCUT2D eigenvalue weighted by Gasteiger charge is -2.27. The molecule has 0 bridgehead atoms. The number of aromatic nitrogens is 1. The van der Waals surface area contributed by atoms with Crippen LogP contribution in [-0.2, 0) is 4.74 Å². The minimum atomic E-state index is -2.53. The number of rotatable bonds is 5. The normalized spacial score (nSPS) is 20.2. The topological polar surface area (TPSA) is 30.7 Å². The maximum atomic E-state index is 13.3. The number of fused-ring (bicyclic) bond motifs is 1. The Morgan fingerprint density at radius 1 is 1.33 bits per heavy atom. The molecule has 2 aromatic heterocycles. The van der Waals surface area contributed by atoms with Gasteiger partial charge in [-0.3, -0.25) is 4.79 Å². The molecular formula is C21H22ClF2NO2. The van der Waals surface area contributed by atoms with Gasteiger partial charge < -0.3 is 9.14 Å². The van der Waals surface area contributed by atoms with E-state index in [0.29, 0.717) is 55.0 Å². The second-order valence-electron chi connectivity index (χ2n) is 7.52. The lowest BCUT2D eigenvalue weighted by molar-refractivity contribution is -0.0464. The monoisotopic (exact) mass is 393 g/mol. The molecule has 1 aliphatic carbocycles. The molecule has 144 valence electrons. The molecule has 2 aromatic rings. The fraction of sp³-hybridized carbons (Fsp3) is 0.476. The van der Waals surface area contributed by atoms with Crippen LogP contribution in [0.3, 0.4) is 0 Å². The van der Waals surface area contributed by atoms with Gasteiger partial charge in [-0.05, 0) is 43.4 Å². The zero-order valence-electron chi connectivity index (χ0n) is 15.0. The Morgan fingerprint density at radius 2 is 2.11 bits per heavy atom.